The number of hydrogen-bond donors (Lipinski definition) is 1. The highest BCUT2D eigenvalue weighted by atomic mass is 19.3. The summed E-state index contributed by atoms with van der Waals surface area (Å²) in [5.74, 6) is 1.58. The molecule has 2 heterocycles. The van der Waals surface area contributed by atoms with Gasteiger partial charge in [-0.3, -0.25) is 0 Å². The lowest BCUT2D eigenvalue weighted by atomic mass is 10.2. The summed E-state index contributed by atoms with van der Waals surface area (Å²) in [6, 6.07) is 13.4. The number of ether oxygens (including phenoxy) is 2. The fourth-order valence-corrected chi connectivity index (χ4v) is 2.86. The first kappa shape index (κ1) is 19.4. The van der Waals surface area contributed by atoms with Crippen LogP contribution in [0.1, 0.15) is 6.92 Å². The van der Waals surface area contributed by atoms with Gasteiger partial charge in [-0.1, -0.05) is 6.07 Å². The summed E-state index contributed by atoms with van der Waals surface area (Å²) >= 11 is 0. The van der Waals surface area contributed by atoms with Gasteiger partial charge in [0.05, 0.1) is 25.0 Å². The Morgan fingerprint density at radius 1 is 0.967 bits per heavy atom. The highest BCUT2D eigenvalue weighted by molar-refractivity contribution is 5.93. The molecule has 2 aromatic carbocycles. The zero-order valence-corrected chi connectivity index (χ0v) is 16.1. The van der Waals surface area contributed by atoms with Gasteiger partial charge in [-0.15, -0.1) is 0 Å². The summed E-state index contributed by atoms with van der Waals surface area (Å²) in [5.41, 5.74) is 1.89. The Bertz CT molecular complexity index is 1180. The Hall–Kier alpha value is -3.88. The van der Waals surface area contributed by atoms with Crippen molar-refractivity contribution in [3.05, 3.63) is 60.9 Å². The third-order valence-electron chi connectivity index (χ3n) is 4.14. The molecule has 0 atom stereocenters. The van der Waals surface area contributed by atoms with Crippen molar-refractivity contribution in [2.45, 2.75) is 13.0 Å². The van der Waals surface area contributed by atoms with Gasteiger partial charge < -0.3 is 14.8 Å². The summed E-state index contributed by atoms with van der Waals surface area (Å²) in [6.45, 7) is 0.687. The van der Waals surface area contributed by atoms with Gasteiger partial charge in [-0.2, -0.15) is 19.0 Å². The van der Waals surface area contributed by atoms with Gasteiger partial charge in [0, 0.05) is 29.6 Å². The van der Waals surface area contributed by atoms with Crippen LogP contribution in [0.2, 0.25) is 0 Å². The quantitative estimate of drug-likeness (QED) is 0.488. The standard InChI is InChI=1S/C21H17F2N5O2/c1-21(22,23)30-16-5-3-4-14(10-16)26-20-17-11-15(29-2)6-7-18(17)27-19(28-20)13-8-9-24-25-12-13/h3-12H,1-2H3,(H,26,27,28). The van der Waals surface area contributed by atoms with Crippen molar-refractivity contribution in [1.82, 2.24) is 20.2 Å². The molecule has 9 heteroatoms. The lowest BCUT2D eigenvalue weighted by molar-refractivity contribution is -0.158. The van der Waals surface area contributed by atoms with Crippen molar-refractivity contribution >= 4 is 22.4 Å². The maximum Gasteiger partial charge on any atom is 0.394 e. The fraction of sp³-hybridized carbons (Fsp3) is 0.143. The van der Waals surface area contributed by atoms with Gasteiger partial charge in [-0.05, 0) is 36.4 Å². The molecule has 0 amide bonds. The minimum absolute atomic E-state index is 0.0296. The SMILES string of the molecule is COc1ccc2nc(-c3ccnnc3)nc(Nc3cccc(OC(C)(F)F)c3)c2c1. The molecule has 0 aliphatic heterocycles. The Kier molecular flexibility index (Phi) is 5.09. The number of nitrogens with one attached hydrogen (secondary N) is 1. The molecule has 4 rings (SSSR count). The molecule has 152 valence electrons. The van der Waals surface area contributed by atoms with Crippen LogP contribution in [-0.2, 0) is 0 Å². The fourth-order valence-electron chi connectivity index (χ4n) is 2.86. The number of nitrogens with zero attached hydrogens (tertiary/aromatic N) is 4. The van der Waals surface area contributed by atoms with Crippen LogP contribution in [0.4, 0.5) is 20.3 Å². The minimum Gasteiger partial charge on any atom is -0.497 e. The summed E-state index contributed by atoms with van der Waals surface area (Å²) in [5, 5.41) is 11.5. The van der Waals surface area contributed by atoms with Crippen molar-refractivity contribution in [3.63, 3.8) is 0 Å². The van der Waals surface area contributed by atoms with E-state index in [1.807, 2.05) is 6.07 Å². The lowest BCUT2D eigenvalue weighted by Gasteiger charge is -2.15. The first-order valence-corrected chi connectivity index (χ1v) is 8.98. The van der Waals surface area contributed by atoms with E-state index < -0.39 is 6.11 Å². The number of hydrogen-bond acceptors (Lipinski definition) is 7. The Morgan fingerprint density at radius 3 is 2.57 bits per heavy atom. The molecule has 0 spiro atoms. The van der Waals surface area contributed by atoms with Crippen molar-refractivity contribution in [2.75, 3.05) is 12.4 Å². The summed E-state index contributed by atoms with van der Waals surface area (Å²) in [7, 11) is 1.57. The van der Waals surface area contributed by atoms with E-state index >= 15 is 0 Å². The number of aromatic nitrogens is 4. The Balaban J connectivity index is 1.79. The largest absolute Gasteiger partial charge is 0.497 e. The summed E-state index contributed by atoms with van der Waals surface area (Å²) < 4.78 is 36.4. The van der Waals surface area contributed by atoms with Gasteiger partial charge in [0.2, 0.25) is 0 Å². The molecule has 0 saturated heterocycles. The summed E-state index contributed by atoms with van der Waals surface area (Å²) in [4.78, 5) is 9.20. The van der Waals surface area contributed by atoms with E-state index in [0.29, 0.717) is 46.5 Å². The molecule has 0 bridgehead atoms. The monoisotopic (exact) mass is 409 g/mol. The van der Waals surface area contributed by atoms with Crippen LogP contribution < -0.4 is 14.8 Å². The van der Waals surface area contributed by atoms with Crippen LogP contribution >= 0.6 is 0 Å². The van der Waals surface area contributed by atoms with Crippen LogP contribution in [0.15, 0.2) is 60.9 Å². The molecule has 1 N–H and O–H groups in total. The maximum absolute atomic E-state index is 13.2. The molecule has 30 heavy (non-hydrogen) atoms. The van der Waals surface area contributed by atoms with Crippen molar-refractivity contribution in [3.8, 4) is 22.9 Å². The highest BCUT2D eigenvalue weighted by Gasteiger charge is 2.23. The van der Waals surface area contributed by atoms with Crippen molar-refractivity contribution in [1.29, 1.82) is 0 Å². The number of rotatable bonds is 6. The van der Waals surface area contributed by atoms with Crippen molar-refractivity contribution in [2.24, 2.45) is 0 Å². The summed E-state index contributed by atoms with van der Waals surface area (Å²) in [6.07, 6.45) is -0.170. The predicted octanol–water partition coefficient (Wildman–Crippen LogP) is 4.83. The van der Waals surface area contributed by atoms with E-state index in [2.05, 4.69) is 30.2 Å². The molecule has 0 fully saturated rings. The molecular formula is C21H17F2N5O2. The number of methoxy groups -OCH3 is 1. The molecule has 0 radical (unpaired) electrons. The van der Waals surface area contributed by atoms with Gasteiger partial charge in [0.25, 0.3) is 0 Å². The first-order valence-electron chi connectivity index (χ1n) is 8.98. The number of benzene rings is 2. The van der Waals surface area contributed by atoms with Gasteiger partial charge in [0.1, 0.15) is 17.3 Å². The third-order valence-corrected chi connectivity index (χ3v) is 4.14. The van der Waals surface area contributed by atoms with Gasteiger partial charge in [-0.25, -0.2) is 9.97 Å². The van der Waals surface area contributed by atoms with Crippen LogP contribution in [0.5, 0.6) is 11.5 Å². The van der Waals surface area contributed by atoms with Crippen LogP contribution in [0.25, 0.3) is 22.3 Å². The van der Waals surface area contributed by atoms with Gasteiger partial charge >= 0.3 is 6.11 Å². The normalized spacial score (nSPS) is 11.3. The highest BCUT2D eigenvalue weighted by Crippen LogP contribution is 2.31. The molecule has 2 aromatic heterocycles. The lowest BCUT2D eigenvalue weighted by Crippen LogP contribution is -2.19. The molecule has 7 nitrogen and oxygen atoms in total. The molecule has 0 unspecified atom stereocenters. The average Bonchev–Trinajstić information content (AvgIpc) is 2.73. The zero-order valence-electron chi connectivity index (χ0n) is 16.1. The second-order valence-electron chi connectivity index (χ2n) is 6.47. The van der Waals surface area contributed by atoms with E-state index in [1.54, 1.807) is 49.8 Å². The Labute approximate surface area is 170 Å². The first-order chi connectivity index (χ1) is 14.4. The van der Waals surface area contributed by atoms with E-state index in [-0.39, 0.29) is 5.75 Å². The zero-order chi connectivity index (χ0) is 21.1. The number of alkyl halides is 2. The van der Waals surface area contributed by atoms with E-state index in [4.69, 9.17) is 4.74 Å². The third kappa shape index (κ3) is 4.40. The number of anilines is 2. The van der Waals surface area contributed by atoms with Crippen LogP contribution in [0.3, 0.4) is 0 Å². The number of fused-ring (bicyclic) bond motifs is 1. The van der Waals surface area contributed by atoms with E-state index in [0.717, 1.165) is 0 Å². The second kappa shape index (κ2) is 7.86. The smallest absolute Gasteiger partial charge is 0.394 e. The minimum atomic E-state index is -3.28. The molecular weight excluding hydrogens is 392 g/mol. The molecule has 0 saturated carbocycles. The molecule has 4 aromatic rings. The second-order valence-corrected chi connectivity index (χ2v) is 6.47. The van der Waals surface area contributed by atoms with E-state index in [1.165, 1.54) is 12.1 Å². The van der Waals surface area contributed by atoms with E-state index in [9.17, 15) is 8.78 Å². The maximum atomic E-state index is 13.2. The molecule has 0 aliphatic rings. The Morgan fingerprint density at radius 2 is 1.83 bits per heavy atom. The predicted molar refractivity (Wildman–Crippen MR) is 108 cm³/mol. The van der Waals surface area contributed by atoms with Crippen LogP contribution in [0, 0.1) is 0 Å². The van der Waals surface area contributed by atoms with Gasteiger partial charge in [0.15, 0.2) is 5.82 Å². The number of halogens is 2. The topological polar surface area (TPSA) is 82.1 Å². The average molecular weight is 409 g/mol. The van der Waals surface area contributed by atoms with Crippen molar-refractivity contribution < 1.29 is 18.3 Å². The molecule has 0 aliphatic carbocycles. The van der Waals surface area contributed by atoms with Crippen LogP contribution in [-0.4, -0.2) is 33.4 Å².